The highest BCUT2D eigenvalue weighted by Gasteiger charge is 2.32. The summed E-state index contributed by atoms with van der Waals surface area (Å²) in [6.07, 6.45) is 5.10. The van der Waals surface area contributed by atoms with Gasteiger partial charge in [0.25, 0.3) is 0 Å². The Morgan fingerprint density at radius 2 is 2.00 bits per heavy atom. The van der Waals surface area contributed by atoms with E-state index in [1.165, 1.54) is 25.1 Å². The Balaban J connectivity index is 2.08. The van der Waals surface area contributed by atoms with Crippen LogP contribution in [0, 0.1) is 0 Å². The molecule has 0 spiro atoms. The van der Waals surface area contributed by atoms with Crippen molar-refractivity contribution in [1.82, 2.24) is 4.98 Å². The lowest BCUT2D eigenvalue weighted by molar-refractivity contribution is -0.0927. The van der Waals surface area contributed by atoms with Crippen LogP contribution in [0.1, 0.15) is 58.4 Å². The largest absolute Gasteiger partial charge is 0.430 e. The van der Waals surface area contributed by atoms with Gasteiger partial charge in [-0.05, 0) is 54.3 Å². The van der Waals surface area contributed by atoms with Gasteiger partial charge in [0.1, 0.15) is 11.4 Å². The SMILES string of the molecule is C=C(CCCCC)c1ccc(/C=C/c2ccnc(C(=O)C=C(N)C(F)(F)F)c2)s1. The number of nitrogens with zero attached hydrogens (tertiary/aromatic N) is 1. The first-order chi connectivity index (χ1) is 13.7. The molecule has 2 aromatic heterocycles. The second kappa shape index (κ2) is 10.2. The fraction of sp³-hybridized carbons (Fsp3) is 0.273. The molecule has 0 fully saturated rings. The molecule has 2 rings (SSSR count). The number of allylic oxidation sites excluding steroid dienone is 3. The van der Waals surface area contributed by atoms with Crippen LogP contribution in [0.4, 0.5) is 13.2 Å². The number of hydrogen-bond acceptors (Lipinski definition) is 4. The first-order valence-electron chi connectivity index (χ1n) is 9.21. The van der Waals surface area contributed by atoms with Gasteiger partial charge in [0.15, 0.2) is 0 Å². The maximum absolute atomic E-state index is 12.5. The van der Waals surface area contributed by atoms with E-state index in [4.69, 9.17) is 5.73 Å². The smallest absolute Gasteiger partial charge is 0.395 e. The van der Waals surface area contributed by atoms with Crippen molar-refractivity contribution in [3.63, 3.8) is 0 Å². The average molecular weight is 421 g/mol. The van der Waals surface area contributed by atoms with Gasteiger partial charge in [0.2, 0.25) is 5.78 Å². The summed E-state index contributed by atoms with van der Waals surface area (Å²) in [5.41, 5.74) is 5.12. The zero-order valence-corrected chi connectivity index (χ0v) is 16.9. The summed E-state index contributed by atoms with van der Waals surface area (Å²) in [7, 11) is 0. The number of carbonyl (C=O) groups excluding carboxylic acids is 1. The lowest BCUT2D eigenvalue weighted by Crippen LogP contribution is -2.20. The molecule has 3 nitrogen and oxygen atoms in total. The predicted molar refractivity (Wildman–Crippen MR) is 113 cm³/mol. The Morgan fingerprint density at radius 1 is 1.24 bits per heavy atom. The van der Waals surface area contributed by atoms with Crippen LogP contribution in [-0.4, -0.2) is 16.9 Å². The minimum Gasteiger partial charge on any atom is -0.395 e. The van der Waals surface area contributed by atoms with Crippen LogP contribution >= 0.6 is 11.3 Å². The molecule has 0 amide bonds. The zero-order chi connectivity index (χ0) is 21.4. The van der Waals surface area contributed by atoms with Crippen LogP contribution in [0.25, 0.3) is 17.7 Å². The van der Waals surface area contributed by atoms with Crippen LogP contribution in [0.5, 0.6) is 0 Å². The molecule has 154 valence electrons. The summed E-state index contributed by atoms with van der Waals surface area (Å²) in [6.45, 7) is 6.31. The van der Waals surface area contributed by atoms with Gasteiger partial charge in [0.05, 0.1) is 0 Å². The standard InChI is InChI=1S/C22H23F3N2OS/c1-3-4-5-6-15(2)20-10-9-17(29-20)8-7-16-11-12-27-18(13-16)19(28)14-21(26)22(23,24)25/h7-14H,2-6,26H2,1H3/b8-7+,21-14?. The van der Waals surface area contributed by atoms with E-state index in [2.05, 4.69) is 18.5 Å². The highest BCUT2D eigenvalue weighted by molar-refractivity contribution is 7.14. The van der Waals surface area contributed by atoms with Crippen LogP contribution < -0.4 is 5.73 Å². The van der Waals surface area contributed by atoms with Crippen LogP contribution in [0.2, 0.25) is 0 Å². The second-order valence-corrected chi connectivity index (χ2v) is 7.65. The minimum absolute atomic E-state index is 0.101. The number of carbonyl (C=O) groups is 1. The monoisotopic (exact) mass is 420 g/mol. The van der Waals surface area contributed by atoms with E-state index in [-0.39, 0.29) is 5.69 Å². The highest BCUT2D eigenvalue weighted by atomic mass is 32.1. The van der Waals surface area contributed by atoms with Gasteiger partial charge in [0, 0.05) is 22.0 Å². The van der Waals surface area contributed by atoms with Gasteiger partial charge in [-0.1, -0.05) is 32.4 Å². The predicted octanol–water partition coefficient (Wildman–Crippen LogP) is 6.49. The van der Waals surface area contributed by atoms with Crippen LogP contribution in [-0.2, 0) is 0 Å². The van der Waals surface area contributed by atoms with Crippen molar-refractivity contribution in [1.29, 1.82) is 0 Å². The average Bonchev–Trinajstić information content (AvgIpc) is 3.15. The summed E-state index contributed by atoms with van der Waals surface area (Å²) in [5, 5.41) is 0. The Morgan fingerprint density at radius 3 is 2.69 bits per heavy atom. The number of pyridine rings is 1. The van der Waals surface area contributed by atoms with Crippen molar-refractivity contribution in [3.8, 4) is 0 Å². The lowest BCUT2D eigenvalue weighted by Gasteiger charge is -2.05. The molecule has 0 aliphatic heterocycles. The molecule has 2 N–H and O–H groups in total. The first-order valence-corrected chi connectivity index (χ1v) is 10.0. The van der Waals surface area contributed by atoms with E-state index in [1.54, 1.807) is 23.5 Å². The van der Waals surface area contributed by atoms with Gasteiger partial charge < -0.3 is 5.73 Å². The Labute approximate surface area is 172 Å². The number of thiophene rings is 1. The van der Waals surface area contributed by atoms with E-state index < -0.39 is 17.7 Å². The van der Waals surface area contributed by atoms with Gasteiger partial charge in [-0.15, -0.1) is 11.3 Å². The third-order valence-corrected chi connectivity index (χ3v) is 5.30. The molecular formula is C22H23F3N2OS. The van der Waals surface area contributed by atoms with Gasteiger partial charge in [-0.2, -0.15) is 13.2 Å². The normalized spacial score (nSPS) is 12.5. The Kier molecular flexibility index (Phi) is 7.96. The van der Waals surface area contributed by atoms with Crippen molar-refractivity contribution in [2.75, 3.05) is 0 Å². The lowest BCUT2D eigenvalue weighted by atomic mass is 10.1. The van der Waals surface area contributed by atoms with E-state index >= 15 is 0 Å². The molecule has 0 radical (unpaired) electrons. The summed E-state index contributed by atoms with van der Waals surface area (Å²) < 4.78 is 37.4. The van der Waals surface area contributed by atoms with E-state index in [0.717, 1.165) is 28.2 Å². The molecule has 0 bridgehead atoms. The summed E-state index contributed by atoms with van der Waals surface area (Å²) in [6, 6.07) is 7.12. The first kappa shape index (κ1) is 22.6. The number of ketones is 1. The Hall–Kier alpha value is -2.67. The summed E-state index contributed by atoms with van der Waals surface area (Å²) in [4.78, 5) is 18.0. The fourth-order valence-corrected chi connectivity index (χ4v) is 3.41. The second-order valence-electron chi connectivity index (χ2n) is 6.53. The third kappa shape index (κ3) is 7.02. The summed E-state index contributed by atoms with van der Waals surface area (Å²) >= 11 is 1.62. The van der Waals surface area contributed by atoms with Crippen molar-refractivity contribution in [2.45, 2.75) is 38.8 Å². The molecule has 0 saturated carbocycles. The topological polar surface area (TPSA) is 56.0 Å². The molecule has 0 saturated heterocycles. The quantitative estimate of drug-likeness (QED) is 0.286. The van der Waals surface area contributed by atoms with E-state index in [1.807, 2.05) is 18.2 Å². The Bertz CT molecular complexity index is 926. The fourth-order valence-electron chi connectivity index (χ4n) is 2.50. The van der Waals surface area contributed by atoms with E-state index in [0.29, 0.717) is 11.6 Å². The number of aromatic nitrogens is 1. The molecule has 29 heavy (non-hydrogen) atoms. The molecule has 2 aromatic rings. The molecule has 0 aliphatic rings. The highest BCUT2D eigenvalue weighted by Crippen LogP contribution is 2.28. The number of hydrogen-bond donors (Lipinski definition) is 1. The molecule has 0 unspecified atom stereocenters. The van der Waals surface area contributed by atoms with Crippen LogP contribution in [0.3, 0.4) is 0 Å². The van der Waals surface area contributed by atoms with Crippen molar-refractivity contribution in [2.24, 2.45) is 5.73 Å². The van der Waals surface area contributed by atoms with Gasteiger partial charge in [-0.3, -0.25) is 9.78 Å². The molecule has 0 aliphatic carbocycles. The maximum atomic E-state index is 12.5. The molecule has 7 heteroatoms. The number of nitrogens with two attached hydrogens (primary N) is 1. The summed E-state index contributed by atoms with van der Waals surface area (Å²) in [5.74, 6) is -0.892. The number of halogens is 3. The van der Waals surface area contributed by atoms with Crippen molar-refractivity contribution in [3.05, 3.63) is 69.8 Å². The van der Waals surface area contributed by atoms with E-state index in [9.17, 15) is 18.0 Å². The van der Waals surface area contributed by atoms with Crippen molar-refractivity contribution >= 4 is 34.8 Å². The zero-order valence-electron chi connectivity index (χ0n) is 16.1. The number of alkyl halides is 3. The third-order valence-electron chi connectivity index (χ3n) is 4.15. The van der Waals surface area contributed by atoms with Crippen molar-refractivity contribution < 1.29 is 18.0 Å². The minimum atomic E-state index is -4.75. The maximum Gasteiger partial charge on any atom is 0.430 e. The number of rotatable bonds is 9. The number of unbranched alkanes of at least 4 members (excludes halogenated alkanes) is 2. The van der Waals surface area contributed by atoms with Gasteiger partial charge >= 0.3 is 6.18 Å². The molecular weight excluding hydrogens is 397 g/mol. The molecule has 2 heterocycles. The van der Waals surface area contributed by atoms with Gasteiger partial charge in [-0.25, -0.2) is 0 Å². The van der Waals surface area contributed by atoms with Crippen LogP contribution in [0.15, 0.2) is 48.8 Å². The molecule has 0 aromatic carbocycles. The molecule has 0 atom stereocenters.